The van der Waals surface area contributed by atoms with Crippen LogP contribution in [0.3, 0.4) is 0 Å². The van der Waals surface area contributed by atoms with Gasteiger partial charge in [-0.05, 0) is 39.1 Å². The molecule has 1 N–H and O–H groups in total. The molecule has 0 aromatic heterocycles. The van der Waals surface area contributed by atoms with E-state index in [0.29, 0.717) is 6.61 Å². The van der Waals surface area contributed by atoms with Crippen LogP contribution in [0.25, 0.3) is 0 Å². The van der Waals surface area contributed by atoms with E-state index in [1.54, 1.807) is 0 Å². The van der Waals surface area contributed by atoms with E-state index >= 15 is 0 Å². The van der Waals surface area contributed by atoms with E-state index in [0.717, 1.165) is 36.0 Å². The highest BCUT2D eigenvalue weighted by molar-refractivity contribution is 6.09. The van der Waals surface area contributed by atoms with E-state index in [-0.39, 0.29) is 17.5 Å². The molecule has 0 radical (unpaired) electrons. The van der Waals surface area contributed by atoms with Gasteiger partial charge < -0.3 is 19.4 Å². The van der Waals surface area contributed by atoms with Gasteiger partial charge in [0.2, 0.25) is 0 Å². The zero-order chi connectivity index (χ0) is 17.1. The average molecular weight is 329 g/mol. The number of amidine groups is 1. The Morgan fingerprint density at radius 1 is 1.42 bits per heavy atom. The molecule has 0 bridgehead atoms. The van der Waals surface area contributed by atoms with Crippen molar-refractivity contribution in [3.63, 3.8) is 0 Å². The zero-order valence-electron chi connectivity index (χ0n) is 14.5. The first-order valence-electron chi connectivity index (χ1n) is 8.24. The van der Waals surface area contributed by atoms with Gasteiger partial charge in [-0.15, -0.1) is 0 Å². The maximum atomic E-state index is 12.0. The number of hydrogen-bond acceptors (Lipinski definition) is 6. The molecule has 1 aromatic carbocycles. The first-order chi connectivity index (χ1) is 11.4. The predicted molar refractivity (Wildman–Crippen MR) is 93.8 cm³/mol. The highest BCUT2D eigenvalue weighted by Crippen LogP contribution is 2.39. The van der Waals surface area contributed by atoms with Crippen molar-refractivity contribution in [1.29, 1.82) is 0 Å². The molecule has 0 aliphatic carbocycles. The highest BCUT2D eigenvalue weighted by Gasteiger charge is 2.41. The molecule has 1 unspecified atom stereocenters. The second kappa shape index (κ2) is 5.11. The number of carbonyl (C=O) groups is 1. The number of carbonyl (C=O) groups excluding carboxylic acids is 1. The Hall–Kier alpha value is -2.28. The Kier molecular flexibility index (Phi) is 3.25. The molecule has 0 spiro atoms. The topological polar surface area (TPSA) is 60.4 Å². The molecule has 3 heterocycles. The Bertz CT molecular complexity index is 726. The summed E-state index contributed by atoms with van der Waals surface area (Å²) in [6.45, 7) is 6.60. The summed E-state index contributed by atoms with van der Waals surface area (Å²) < 4.78 is 5.80. The number of likely N-dealkylation sites (tertiary alicyclic amines) is 1. The van der Waals surface area contributed by atoms with Crippen LogP contribution in [0.15, 0.2) is 23.3 Å². The third kappa shape index (κ3) is 2.15. The third-order valence-corrected chi connectivity index (χ3v) is 5.32. The fraction of sp³-hybridized carbons (Fsp3) is 0.529. The number of ether oxygens (including phenoxy) is 1. The molecule has 0 saturated carbocycles. The van der Waals surface area contributed by atoms with Crippen LogP contribution in [0.5, 0.6) is 5.75 Å². The van der Waals surface area contributed by atoms with E-state index in [1.807, 2.05) is 17.9 Å². The maximum absolute atomic E-state index is 12.0. The summed E-state index contributed by atoms with van der Waals surface area (Å²) in [5, 5.41) is 4.14. The summed E-state index contributed by atoms with van der Waals surface area (Å²) in [6.07, 6.45) is 0. The molecule has 4 rings (SSSR count). The lowest BCUT2D eigenvalue weighted by atomic mass is 9.90. The molecule has 1 fully saturated rings. The van der Waals surface area contributed by atoms with Gasteiger partial charge in [0.1, 0.15) is 18.4 Å². The average Bonchev–Trinajstić information content (AvgIpc) is 2.55. The second-order valence-corrected chi connectivity index (χ2v) is 7.22. The molecule has 24 heavy (non-hydrogen) atoms. The van der Waals surface area contributed by atoms with Crippen LogP contribution in [-0.4, -0.2) is 62.0 Å². The summed E-state index contributed by atoms with van der Waals surface area (Å²) in [5.74, 6) is 1.44. The third-order valence-electron chi connectivity index (χ3n) is 5.32. The fourth-order valence-electron chi connectivity index (χ4n) is 3.86. The Labute approximate surface area is 141 Å². The predicted octanol–water partition coefficient (Wildman–Crippen LogP) is 0.857. The molecule has 1 saturated heterocycles. The smallest absolute Gasteiger partial charge is 0.262 e. The van der Waals surface area contributed by atoms with Crippen LogP contribution >= 0.6 is 0 Å². The van der Waals surface area contributed by atoms with E-state index in [1.165, 1.54) is 0 Å². The Balaban J connectivity index is 1.71. The molecule has 128 valence electrons. The standard InChI is InChI=1S/C17H23N5O2/c1-11-16(23)19-18-15-8-24-14-6-5-12(7-13(14)22(11)15)21(4)17(2)9-20(3)10-17/h5-7,11H,8-10H2,1-4H3,(H,19,23). The van der Waals surface area contributed by atoms with Crippen LogP contribution < -0.4 is 20.0 Å². The lowest BCUT2D eigenvalue weighted by molar-refractivity contribution is -0.122. The summed E-state index contributed by atoms with van der Waals surface area (Å²) in [6, 6.07) is 5.87. The number of hydrazone groups is 1. The van der Waals surface area contributed by atoms with Gasteiger partial charge in [-0.25, -0.2) is 5.43 Å². The number of benzene rings is 1. The number of hydrogen-bond donors (Lipinski definition) is 1. The van der Waals surface area contributed by atoms with Crippen molar-refractivity contribution < 1.29 is 9.53 Å². The number of nitrogens with zero attached hydrogens (tertiary/aromatic N) is 4. The van der Waals surface area contributed by atoms with Crippen LogP contribution in [0.2, 0.25) is 0 Å². The minimum absolute atomic E-state index is 0.0991. The van der Waals surface area contributed by atoms with Crippen molar-refractivity contribution >= 4 is 23.1 Å². The monoisotopic (exact) mass is 329 g/mol. The lowest BCUT2D eigenvalue weighted by Crippen LogP contribution is -2.66. The van der Waals surface area contributed by atoms with Crippen molar-refractivity contribution in [3.8, 4) is 5.75 Å². The highest BCUT2D eigenvalue weighted by atomic mass is 16.5. The Morgan fingerprint density at radius 2 is 2.17 bits per heavy atom. The number of fused-ring (bicyclic) bond motifs is 3. The quantitative estimate of drug-likeness (QED) is 0.872. The van der Waals surface area contributed by atoms with Crippen molar-refractivity contribution in [3.05, 3.63) is 18.2 Å². The van der Waals surface area contributed by atoms with E-state index in [4.69, 9.17) is 4.74 Å². The molecule has 1 amide bonds. The summed E-state index contributed by atoms with van der Waals surface area (Å²) in [7, 11) is 4.26. The van der Waals surface area contributed by atoms with Gasteiger partial charge in [0.05, 0.1) is 11.2 Å². The summed E-state index contributed by atoms with van der Waals surface area (Å²) in [4.78, 5) is 18.6. The summed E-state index contributed by atoms with van der Waals surface area (Å²) in [5.41, 5.74) is 4.71. The van der Waals surface area contributed by atoms with Crippen LogP contribution in [0, 0.1) is 0 Å². The molecule has 7 heteroatoms. The molecular formula is C17H23N5O2. The normalized spacial score (nSPS) is 24.8. The molecule has 1 atom stereocenters. The number of likely N-dealkylation sites (N-methyl/N-ethyl adjacent to an activating group) is 2. The lowest BCUT2D eigenvalue weighted by Gasteiger charge is -2.52. The second-order valence-electron chi connectivity index (χ2n) is 7.22. The van der Waals surface area contributed by atoms with Gasteiger partial charge in [-0.1, -0.05) is 0 Å². The molecule has 1 aromatic rings. The SMILES string of the molecule is CC1C(=O)NN=C2COc3ccc(N(C)C4(C)CN(C)C4)cc3N21. The molecule has 3 aliphatic heterocycles. The number of nitrogens with one attached hydrogen (secondary N) is 1. The number of amides is 1. The van der Waals surface area contributed by atoms with Gasteiger partial charge in [0, 0.05) is 25.8 Å². The summed E-state index contributed by atoms with van der Waals surface area (Å²) >= 11 is 0. The van der Waals surface area contributed by atoms with Crippen molar-refractivity contribution in [2.45, 2.75) is 25.4 Å². The van der Waals surface area contributed by atoms with Gasteiger partial charge in [0.25, 0.3) is 5.91 Å². The minimum atomic E-state index is -0.300. The first-order valence-corrected chi connectivity index (χ1v) is 8.24. The molecule has 7 nitrogen and oxygen atoms in total. The van der Waals surface area contributed by atoms with E-state index < -0.39 is 0 Å². The van der Waals surface area contributed by atoms with Crippen molar-refractivity contribution in [2.24, 2.45) is 5.10 Å². The van der Waals surface area contributed by atoms with E-state index in [2.05, 4.69) is 53.5 Å². The minimum Gasteiger partial charge on any atom is -0.483 e. The maximum Gasteiger partial charge on any atom is 0.262 e. The van der Waals surface area contributed by atoms with Crippen molar-refractivity contribution in [2.75, 3.05) is 43.6 Å². The fourth-order valence-corrected chi connectivity index (χ4v) is 3.86. The molecular weight excluding hydrogens is 306 g/mol. The largest absolute Gasteiger partial charge is 0.483 e. The van der Waals surface area contributed by atoms with Gasteiger partial charge in [-0.3, -0.25) is 4.79 Å². The van der Waals surface area contributed by atoms with Crippen LogP contribution in [0.4, 0.5) is 11.4 Å². The van der Waals surface area contributed by atoms with Gasteiger partial charge in [-0.2, -0.15) is 5.10 Å². The van der Waals surface area contributed by atoms with Gasteiger partial charge in [0.15, 0.2) is 5.84 Å². The van der Waals surface area contributed by atoms with Crippen molar-refractivity contribution in [1.82, 2.24) is 10.3 Å². The van der Waals surface area contributed by atoms with Gasteiger partial charge >= 0.3 is 0 Å². The van der Waals surface area contributed by atoms with E-state index in [9.17, 15) is 4.79 Å². The zero-order valence-corrected chi connectivity index (χ0v) is 14.5. The van der Waals surface area contributed by atoms with Crippen LogP contribution in [-0.2, 0) is 4.79 Å². The first kappa shape index (κ1) is 15.3. The number of anilines is 2. The van der Waals surface area contributed by atoms with Crippen LogP contribution in [0.1, 0.15) is 13.8 Å². The number of rotatable bonds is 2. The molecule has 3 aliphatic rings. The Morgan fingerprint density at radius 3 is 2.88 bits per heavy atom.